The zero-order valence-corrected chi connectivity index (χ0v) is 21.2. The first kappa shape index (κ1) is 28.3. The Hall–Kier alpha value is -4.74. The third-order valence-electron chi connectivity index (χ3n) is 6.42. The summed E-state index contributed by atoms with van der Waals surface area (Å²) >= 11 is 0. The maximum absolute atomic E-state index is 15.4. The summed E-state index contributed by atoms with van der Waals surface area (Å²) in [6.45, 7) is -0.309. The Morgan fingerprint density at radius 1 is 0.950 bits per heavy atom. The number of nitrogens with zero attached hydrogens (tertiary/aromatic N) is 3. The van der Waals surface area contributed by atoms with Crippen LogP contribution in [0.15, 0.2) is 81.5 Å². The number of oxime groups is 1. The smallest absolute Gasteiger partial charge is 0.416 e. The summed E-state index contributed by atoms with van der Waals surface area (Å²) in [5.41, 5.74) is -4.95. The molecule has 0 saturated heterocycles. The molecular weight excluding hydrogens is 537 g/mol. The van der Waals surface area contributed by atoms with Gasteiger partial charge < -0.3 is 9.94 Å². The molecular formula is C28H22F5N3O4. The fourth-order valence-electron chi connectivity index (χ4n) is 4.40. The summed E-state index contributed by atoms with van der Waals surface area (Å²) in [4.78, 5) is 27.3. The Balaban J connectivity index is 2.03. The highest BCUT2D eigenvalue weighted by Crippen LogP contribution is 2.34. The molecule has 0 unspecified atom stereocenters. The van der Waals surface area contributed by atoms with Crippen LogP contribution >= 0.6 is 0 Å². The first-order valence-corrected chi connectivity index (χ1v) is 11.8. The van der Waals surface area contributed by atoms with E-state index in [0.29, 0.717) is 16.2 Å². The fourth-order valence-corrected chi connectivity index (χ4v) is 4.40. The van der Waals surface area contributed by atoms with Crippen molar-refractivity contribution in [2.24, 2.45) is 5.16 Å². The summed E-state index contributed by atoms with van der Waals surface area (Å²) in [7, 11) is 1.20. The van der Waals surface area contributed by atoms with Gasteiger partial charge >= 0.3 is 11.9 Å². The van der Waals surface area contributed by atoms with Gasteiger partial charge in [0.15, 0.2) is 11.6 Å². The number of rotatable bonds is 7. The van der Waals surface area contributed by atoms with Gasteiger partial charge in [0, 0.05) is 22.4 Å². The van der Waals surface area contributed by atoms with Gasteiger partial charge in [0.1, 0.15) is 11.5 Å². The maximum atomic E-state index is 15.4. The molecule has 1 aromatic heterocycles. The lowest BCUT2D eigenvalue weighted by Crippen LogP contribution is -2.44. The van der Waals surface area contributed by atoms with Crippen molar-refractivity contribution < 1.29 is 31.9 Å². The molecule has 0 aliphatic rings. The SMILES string of the molecule is COc1cccc(-c2c(C)n(Cc3c(F)cccc3C(F)(F)F)c(=O)n(C/C(=N/O)c3ccccc3)c2=O)c1F. The minimum atomic E-state index is -4.95. The van der Waals surface area contributed by atoms with Crippen LogP contribution in [0.5, 0.6) is 5.75 Å². The minimum absolute atomic E-state index is 0.130. The van der Waals surface area contributed by atoms with Crippen molar-refractivity contribution in [2.45, 2.75) is 26.2 Å². The average Bonchev–Trinajstić information content (AvgIpc) is 2.92. The molecule has 0 amide bonds. The molecule has 0 bridgehead atoms. The van der Waals surface area contributed by atoms with E-state index in [2.05, 4.69) is 5.16 Å². The van der Waals surface area contributed by atoms with Crippen LogP contribution in [0.1, 0.15) is 22.4 Å². The maximum Gasteiger partial charge on any atom is 0.416 e. The van der Waals surface area contributed by atoms with Gasteiger partial charge in [-0.1, -0.05) is 53.7 Å². The molecule has 0 aliphatic carbocycles. The first-order chi connectivity index (χ1) is 19.0. The van der Waals surface area contributed by atoms with Gasteiger partial charge in [-0.2, -0.15) is 13.2 Å². The molecule has 0 saturated carbocycles. The van der Waals surface area contributed by atoms with Gasteiger partial charge in [0.2, 0.25) is 0 Å². The number of methoxy groups -OCH3 is 1. The number of halogens is 5. The number of benzene rings is 3. The topological polar surface area (TPSA) is 85.8 Å². The molecule has 0 spiro atoms. The highest BCUT2D eigenvalue weighted by atomic mass is 19.4. The standard InChI is InChI=1S/C28H22F5N3O4/c1-16-24(18-10-6-13-23(40-2)25(18)30)26(37)36(15-22(34-39)17-8-4-3-5-9-17)27(38)35(16)14-19-20(28(31,32)33)11-7-12-21(19)29/h3-13,39H,14-15H2,1-2H3/b34-22-. The Labute approximate surface area is 224 Å². The van der Waals surface area contributed by atoms with Crippen LogP contribution in [0.4, 0.5) is 22.0 Å². The quantitative estimate of drug-likeness (QED) is 0.146. The van der Waals surface area contributed by atoms with Crippen molar-refractivity contribution in [1.82, 2.24) is 9.13 Å². The van der Waals surface area contributed by atoms with Crippen LogP contribution in [0, 0.1) is 18.6 Å². The normalized spacial score (nSPS) is 12.0. The number of hydrogen-bond donors (Lipinski definition) is 1. The van der Waals surface area contributed by atoms with Crippen LogP contribution in [-0.4, -0.2) is 27.2 Å². The second-order valence-corrected chi connectivity index (χ2v) is 8.72. The molecule has 0 radical (unpaired) electrons. The predicted molar refractivity (Wildman–Crippen MR) is 137 cm³/mol. The van der Waals surface area contributed by atoms with Crippen LogP contribution < -0.4 is 16.0 Å². The van der Waals surface area contributed by atoms with E-state index < -0.39 is 53.3 Å². The lowest BCUT2D eigenvalue weighted by atomic mass is 10.0. The number of hydrogen-bond acceptors (Lipinski definition) is 5. The van der Waals surface area contributed by atoms with E-state index in [9.17, 15) is 32.4 Å². The second-order valence-electron chi connectivity index (χ2n) is 8.72. The van der Waals surface area contributed by atoms with Crippen molar-refractivity contribution >= 4 is 5.71 Å². The van der Waals surface area contributed by atoms with Gasteiger partial charge in [-0.05, 0) is 25.1 Å². The molecule has 12 heteroatoms. The first-order valence-electron chi connectivity index (χ1n) is 11.8. The molecule has 1 heterocycles. The molecule has 4 aromatic rings. The van der Waals surface area contributed by atoms with E-state index >= 15 is 4.39 Å². The van der Waals surface area contributed by atoms with Crippen molar-refractivity contribution in [2.75, 3.05) is 7.11 Å². The highest BCUT2D eigenvalue weighted by Gasteiger charge is 2.35. The van der Waals surface area contributed by atoms with Crippen LogP contribution in [-0.2, 0) is 19.3 Å². The van der Waals surface area contributed by atoms with Crippen LogP contribution in [0.3, 0.4) is 0 Å². The predicted octanol–water partition coefficient (Wildman–Crippen LogP) is 5.22. The monoisotopic (exact) mass is 559 g/mol. The molecule has 1 N–H and O–H groups in total. The van der Waals surface area contributed by atoms with Gasteiger partial charge in [-0.25, -0.2) is 13.6 Å². The molecule has 7 nitrogen and oxygen atoms in total. The van der Waals surface area contributed by atoms with Crippen LogP contribution in [0.25, 0.3) is 11.1 Å². The average molecular weight is 559 g/mol. The van der Waals surface area contributed by atoms with E-state index in [1.54, 1.807) is 30.3 Å². The van der Waals surface area contributed by atoms with Gasteiger partial charge in [0.05, 0.1) is 31.3 Å². The molecule has 40 heavy (non-hydrogen) atoms. The second kappa shape index (κ2) is 11.2. The molecule has 208 valence electrons. The molecule has 0 atom stereocenters. The van der Waals surface area contributed by atoms with E-state index in [1.165, 1.54) is 32.2 Å². The van der Waals surface area contributed by atoms with Gasteiger partial charge in [-0.3, -0.25) is 13.9 Å². The molecule has 3 aromatic carbocycles. The molecule has 4 rings (SSSR count). The van der Waals surface area contributed by atoms with Crippen LogP contribution in [0.2, 0.25) is 0 Å². The minimum Gasteiger partial charge on any atom is -0.494 e. The summed E-state index contributed by atoms with van der Waals surface area (Å²) in [6.07, 6.45) is -4.95. The molecule has 0 fully saturated rings. The van der Waals surface area contributed by atoms with Gasteiger partial charge in [-0.15, -0.1) is 0 Å². The summed E-state index contributed by atoms with van der Waals surface area (Å²) in [6, 6.07) is 14.3. The van der Waals surface area contributed by atoms with Crippen molar-refractivity contribution in [3.63, 3.8) is 0 Å². The summed E-state index contributed by atoms with van der Waals surface area (Å²) in [5, 5.41) is 12.8. The lowest BCUT2D eigenvalue weighted by Gasteiger charge is -2.20. The fraction of sp³-hybridized carbons (Fsp3) is 0.179. The number of aromatic nitrogens is 2. The van der Waals surface area contributed by atoms with Gasteiger partial charge in [0.25, 0.3) is 5.56 Å². The Morgan fingerprint density at radius 2 is 1.62 bits per heavy atom. The third kappa shape index (κ3) is 5.24. The van der Waals surface area contributed by atoms with E-state index in [-0.39, 0.29) is 28.3 Å². The number of ether oxygens (including phenoxy) is 1. The van der Waals surface area contributed by atoms with E-state index in [1.807, 2.05) is 0 Å². The van der Waals surface area contributed by atoms with Crippen molar-refractivity contribution in [3.05, 3.63) is 122 Å². The Bertz CT molecular complexity index is 1710. The summed E-state index contributed by atoms with van der Waals surface area (Å²) in [5.74, 6) is -2.41. The Morgan fingerprint density at radius 3 is 2.25 bits per heavy atom. The van der Waals surface area contributed by atoms with E-state index in [4.69, 9.17) is 4.74 Å². The largest absolute Gasteiger partial charge is 0.494 e. The van der Waals surface area contributed by atoms with E-state index in [0.717, 1.165) is 16.7 Å². The zero-order valence-electron chi connectivity index (χ0n) is 21.2. The lowest BCUT2D eigenvalue weighted by molar-refractivity contribution is -0.138. The number of alkyl halides is 3. The molecule has 0 aliphatic heterocycles. The van der Waals surface area contributed by atoms with Crippen molar-refractivity contribution in [3.8, 4) is 16.9 Å². The summed E-state index contributed by atoms with van der Waals surface area (Å²) < 4.78 is 77.7. The Kier molecular flexibility index (Phi) is 7.89. The third-order valence-corrected chi connectivity index (χ3v) is 6.42. The zero-order chi connectivity index (χ0) is 29.2. The highest BCUT2D eigenvalue weighted by molar-refractivity contribution is 6.00. The van der Waals surface area contributed by atoms with Crippen molar-refractivity contribution in [1.29, 1.82) is 0 Å².